The van der Waals surface area contributed by atoms with Crippen LogP contribution in [0.15, 0.2) is 16.7 Å². The van der Waals surface area contributed by atoms with Crippen LogP contribution in [-0.4, -0.2) is 9.97 Å². The van der Waals surface area contributed by atoms with E-state index >= 15 is 0 Å². The van der Waals surface area contributed by atoms with Gasteiger partial charge in [-0.2, -0.15) is 0 Å². The van der Waals surface area contributed by atoms with Crippen molar-refractivity contribution in [1.29, 1.82) is 0 Å². The van der Waals surface area contributed by atoms with Crippen molar-refractivity contribution >= 4 is 38.4 Å². The Morgan fingerprint density at radius 2 is 2.06 bits per heavy atom. The number of fused-ring (bicyclic) bond motifs is 1. The predicted octanol–water partition coefficient (Wildman–Crippen LogP) is 4.23. The normalized spacial score (nSPS) is 15.7. The van der Waals surface area contributed by atoms with Crippen LogP contribution in [0.1, 0.15) is 30.1 Å². The Morgan fingerprint density at radius 1 is 1.31 bits per heavy atom. The third-order valence-electron chi connectivity index (χ3n) is 2.92. The molecule has 0 atom stereocenters. The summed E-state index contributed by atoms with van der Waals surface area (Å²) < 4.78 is 0.861. The van der Waals surface area contributed by atoms with Gasteiger partial charge in [-0.3, -0.25) is 0 Å². The molecule has 0 N–H and O–H groups in total. The zero-order valence-corrected chi connectivity index (χ0v) is 11.1. The molecule has 0 amide bonds. The molecule has 4 heteroatoms. The van der Waals surface area contributed by atoms with E-state index in [1.807, 2.05) is 19.1 Å². The number of hydrogen-bond donors (Lipinski definition) is 0. The molecule has 0 aliphatic heterocycles. The molecule has 1 saturated carbocycles. The maximum Gasteiger partial charge on any atom is 0.133 e. The fourth-order valence-corrected chi connectivity index (χ4v) is 2.74. The lowest BCUT2D eigenvalue weighted by molar-refractivity contribution is 0.937. The summed E-state index contributed by atoms with van der Waals surface area (Å²) in [7, 11) is 0. The van der Waals surface area contributed by atoms with E-state index in [-0.39, 0.29) is 0 Å². The van der Waals surface area contributed by atoms with Gasteiger partial charge in [-0.1, -0.05) is 17.7 Å². The maximum atomic E-state index is 6.19. The molecule has 16 heavy (non-hydrogen) atoms. The highest BCUT2D eigenvalue weighted by molar-refractivity contribution is 9.10. The monoisotopic (exact) mass is 296 g/mol. The number of rotatable bonds is 1. The van der Waals surface area contributed by atoms with Crippen molar-refractivity contribution in [2.75, 3.05) is 0 Å². The van der Waals surface area contributed by atoms with Crippen LogP contribution in [0.4, 0.5) is 0 Å². The lowest BCUT2D eigenvalue weighted by Crippen LogP contribution is -1.96. The van der Waals surface area contributed by atoms with Crippen LogP contribution in [0.5, 0.6) is 0 Å². The molecule has 1 fully saturated rings. The van der Waals surface area contributed by atoms with E-state index in [0.29, 0.717) is 10.9 Å². The fraction of sp³-hybridized carbons (Fsp3) is 0.333. The van der Waals surface area contributed by atoms with E-state index in [1.165, 1.54) is 12.8 Å². The van der Waals surface area contributed by atoms with E-state index in [1.54, 1.807) is 0 Å². The molecule has 0 bridgehead atoms. The first-order chi connectivity index (χ1) is 7.66. The van der Waals surface area contributed by atoms with E-state index in [9.17, 15) is 0 Å². The Bertz CT molecular complexity index is 579. The first kappa shape index (κ1) is 10.5. The van der Waals surface area contributed by atoms with Crippen LogP contribution >= 0.6 is 27.5 Å². The zero-order chi connectivity index (χ0) is 11.3. The smallest absolute Gasteiger partial charge is 0.133 e. The zero-order valence-electron chi connectivity index (χ0n) is 8.80. The molecule has 2 nitrogen and oxygen atoms in total. The Hall–Kier alpha value is -0.670. The summed E-state index contributed by atoms with van der Waals surface area (Å²) in [6.07, 6.45) is 2.39. The second-order valence-corrected chi connectivity index (χ2v) is 5.39. The van der Waals surface area contributed by atoms with Crippen molar-refractivity contribution in [1.82, 2.24) is 9.97 Å². The van der Waals surface area contributed by atoms with Crippen LogP contribution in [0.25, 0.3) is 10.9 Å². The van der Waals surface area contributed by atoms with Crippen molar-refractivity contribution < 1.29 is 0 Å². The van der Waals surface area contributed by atoms with Crippen LogP contribution in [0.2, 0.25) is 5.02 Å². The molecular formula is C12H10BrClN2. The van der Waals surface area contributed by atoms with E-state index in [4.69, 9.17) is 11.6 Å². The van der Waals surface area contributed by atoms with Gasteiger partial charge in [-0.25, -0.2) is 9.97 Å². The quantitative estimate of drug-likeness (QED) is 0.736. The summed E-state index contributed by atoms with van der Waals surface area (Å²) in [6, 6.07) is 3.89. The number of halogens is 2. The molecule has 1 aromatic heterocycles. The highest BCUT2D eigenvalue weighted by Crippen LogP contribution is 2.40. The van der Waals surface area contributed by atoms with E-state index in [2.05, 4.69) is 25.9 Å². The number of aryl methyl sites for hydroxylation is 1. The van der Waals surface area contributed by atoms with Gasteiger partial charge < -0.3 is 0 Å². The molecule has 1 aromatic carbocycles. The molecule has 1 aliphatic rings. The molecule has 0 unspecified atom stereocenters. The minimum atomic E-state index is 0.539. The van der Waals surface area contributed by atoms with Gasteiger partial charge in [0.15, 0.2) is 0 Å². The maximum absolute atomic E-state index is 6.19. The molecule has 1 heterocycles. The van der Waals surface area contributed by atoms with Gasteiger partial charge in [0.05, 0.1) is 10.5 Å². The molecule has 3 rings (SSSR count). The van der Waals surface area contributed by atoms with Crippen LogP contribution in [0.3, 0.4) is 0 Å². The Balaban J connectivity index is 2.36. The first-order valence-corrected chi connectivity index (χ1v) is 6.46. The van der Waals surface area contributed by atoms with Crippen molar-refractivity contribution in [3.63, 3.8) is 0 Å². The number of nitrogens with zero attached hydrogens (tertiary/aromatic N) is 2. The lowest BCUT2D eigenvalue weighted by atomic mass is 10.1. The van der Waals surface area contributed by atoms with Crippen molar-refractivity contribution in [2.45, 2.75) is 25.7 Å². The van der Waals surface area contributed by atoms with Crippen molar-refractivity contribution in [2.24, 2.45) is 0 Å². The van der Waals surface area contributed by atoms with Crippen LogP contribution < -0.4 is 0 Å². The molecule has 0 saturated heterocycles. The van der Waals surface area contributed by atoms with Crippen molar-refractivity contribution in [3.8, 4) is 0 Å². The molecule has 0 radical (unpaired) electrons. The Morgan fingerprint density at radius 3 is 2.75 bits per heavy atom. The summed E-state index contributed by atoms with van der Waals surface area (Å²) >= 11 is 9.71. The fourth-order valence-electron chi connectivity index (χ4n) is 1.86. The number of aromatic nitrogens is 2. The number of hydrogen-bond acceptors (Lipinski definition) is 2. The lowest BCUT2D eigenvalue weighted by Gasteiger charge is -2.07. The van der Waals surface area contributed by atoms with Gasteiger partial charge in [-0.15, -0.1) is 0 Å². The van der Waals surface area contributed by atoms with Crippen LogP contribution in [-0.2, 0) is 0 Å². The Kier molecular flexibility index (Phi) is 2.41. The van der Waals surface area contributed by atoms with E-state index < -0.39 is 0 Å². The van der Waals surface area contributed by atoms with Gasteiger partial charge in [0.25, 0.3) is 0 Å². The summed E-state index contributed by atoms with van der Waals surface area (Å²) in [5.41, 5.74) is 2.01. The highest BCUT2D eigenvalue weighted by Gasteiger charge is 2.27. The minimum absolute atomic E-state index is 0.539. The third-order valence-corrected chi connectivity index (χ3v) is 3.80. The summed E-state index contributed by atoms with van der Waals surface area (Å²) in [6.45, 7) is 2.05. The van der Waals surface area contributed by atoms with Gasteiger partial charge in [0, 0.05) is 11.3 Å². The van der Waals surface area contributed by atoms with E-state index in [0.717, 1.165) is 26.9 Å². The van der Waals surface area contributed by atoms with Crippen molar-refractivity contribution in [3.05, 3.63) is 33.1 Å². The average molecular weight is 298 g/mol. The minimum Gasteiger partial charge on any atom is -0.231 e. The second-order valence-electron chi connectivity index (χ2n) is 4.23. The van der Waals surface area contributed by atoms with Gasteiger partial charge in [0.1, 0.15) is 10.4 Å². The number of benzene rings is 1. The standard InChI is InChI=1S/C12H10BrClN2/c1-6-2-5-8(14)10-9(6)11(13)16-12(15-10)7-3-4-7/h2,5,7H,3-4H2,1H3. The average Bonchev–Trinajstić information content (AvgIpc) is 3.06. The Labute approximate surface area is 107 Å². The highest BCUT2D eigenvalue weighted by atomic mass is 79.9. The van der Waals surface area contributed by atoms with Gasteiger partial charge in [0.2, 0.25) is 0 Å². The van der Waals surface area contributed by atoms with Gasteiger partial charge >= 0.3 is 0 Å². The molecule has 2 aromatic rings. The topological polar surface area (TPSA) is 25.8 Å². The summed E-state index contributed by atoms with van der Waals surface area (Å²) in [5.74, 6) is 1.46. The molecule has 0 spiro atoms. The van der Waals surface area contributed by atoms with Gasteiger partial charge in [-0.05, 0) is 47.3 Å². The third kappa shape index (κ3) is 1.62. The summed E-state index contributed by atoms with van der Waals surface area (Å²) in [4.78, 5) is 9.10. The summed E-state index contributed by atoms with van der Waals surface area (Å²) in [5, 5.41) is 1.72. The molecule has 1 aliphatic carbocycles. The van der Waals surface area contributed by atoms with Crippen LogP contribution in [0, 0.1) is 6.92 Å². The predicted molar refractivity (Wildman–Crippen MR) is 69.0 cm³/mol. The first-order valence-electron chi connectivity index (χ1n) is 5.29. The second kappa shape index (κ2) is 3.67. The SMILES string of the molecule is Cc1ccc(Cl)c2nc(C3CC3)nc(Br)c12. The molecular weight excluding hydrogens is 288 g/mol. The molecule has 82 valence electrons. The largest absolute Gasteiger partial charge is 0.231 e.